The van der Waals surface area contributed by atoms with E-state index in [1.165, 1.54) is 0 Å². The molecule has 1 unspecified atom stereocenters. The zero-order valence-electron chi connectivity index (χ0n) is 11.4. The minimum Gasteiger partial charge on any atom is -0.336 e. The van der Waals surface area contributed by atoms with Crippen molar-refractivity contribution in [3.05, 3.63) is 33.8 Å². The molecule has 21 heavy (non-hydrogen) atoms. The number of rotatable bonds is 1. The van der Waals surface area contributed by atoms with Gasteiger partial charge in [-0.1, -0.05) is 22.0 Å². The predicted octanol–water partition coefficient (Wildman–Crippen LogP) is 1.18. The summed E-state index contributed by atoms with van der Waals surface area (Å²) in [5, 5.41) is 4.87. The van der Waals surface area contributed by atoms with Gasteiger partial charge < -0.3 is 10.2 Å². The number of carbonyl (C=O) groups excluding carboxylic acids is 3. The van der Waals surface area contributed by atoms with Crippen molar-refractivity contribution in [1.29, 1.82) is 0 Å². The van der Waals surface area contributed by atoms with Crippen LogP contribution in [0.15, 0.2) is 22.7 Å². The van der Waals surface area contributed by atoms with Crippen molar-refractivity contribution in [2.75, 3.05) is 13.1 Å². The van der Waals surface area contributed by atoms with Crippen LogP contribution < -0.4 is 10.6 Å². The molecule has 1 spiro atoms. The fourth-order valence-corrected chi connectivity index (χ4v) is 3.15. The molecule has 0 bridgehead atoms. The third-order valence-electron chi connectivity index (χ3n) is 4.00. The molecule has 0 saturated carbocycles. The number of nitrogens with one attached hydrogen (secondary N) is 2. The number of nitrogens with zero attached hydrogens (tertiary/aromatic N) is 1. The molecule has 0 aromatic heterocycles. The Kier molecular flexibility index (Phi) is 3.24. The second-order valence-corrected chi connectivity index (χ2v) is 6.34. The first-order valence-electron chi connectivity index (χ1n) is 6.60. The number of halogens is 1. The Balaban J connectivity index is 1.83. The van der Waals surface area contributed by atoms with Crippen LogP contribution in [0.25, 0.3) is 0 Å². The first-order valence-corrected chi connectivity index (χ1v) is 7.40. The fraction of sp³-hybridized carbons (Fsp3) is 0.357. The molecule has 0 aliphatic carbocycles. The summed E-state index contributed by atoms with van der Waals surface area (Å²) >= 11 is 3.36. The highest BCUT2D eigenvalue weighted by Crippen LogP contribution is 2.27. The maximum absolute atomic E-state index is 12.6. The largest absolute Gasteiger partial charge is 0.336 e. The van der Waals surface area contributed by atoms with Crippen LogP contribution in [-0.2, 0) is 4.79 Å². The molecule has 7 heteroatoms. The smallest absolute Gasteiger partial charge is 0.322 e. The summed E-state index contributed by atoms with van der Waals surface area (Å²) in [5.74, 6) is -0.478. The van der Waals surface area contributed by atoms with Crippen molar-refractivity contribution in [3.8, 4) is 0 Å². The molecule has 0 radical (unpaired) electrons. The summed E-state index contributed by atoms with van der Waals surface area (Å²) in [6, 6.07) is 5.03. The number of imide groups is 1. The Labute approximate surface area is 130 Å². The molecule has 3 rings (SSSR count). The molecule has 2 fully saturated rings. The molecule has 1 atom stereocenters. The highest BCUT2D eigenvalue weighted by atomic mass is 79.9. The van der Waals surface area contributed by atoms with Crippen molar-refractivity contribution in [2.24, 2.45) is 0 Å². The molecular formula is C14H14BrN3O3. The zero-order chi connectivity index (χ0) is 15.2. The number of likely N-dealkylation sites (tertiary alicyclic amines) is 1. The third-order valence-corrected chi connectivity index (χ3v) is 4.49. The molecule has 110 valence electrons. The van der Waals surface area contributed by atoms with Gasteiger partial charge in [0.05, 0.1) is 6.54 Å². The summed E-state index contributed by atoms with van der Waals surface area (Å²) < 4.78 is 0.831. The summed E-state index contributed by atoms with van der Waals surface area (Å²) in [4.78, 5) is 37.4. The van der Waals surface area contributed by atoms with E-state index in [9.17, 15) is 14.4 Å². The Morgan fingerprint density at radius 3 is 2.81 bits per heavy atom. The van der Waals surface area contributed by atoms with Gasteiger partial charge in [0.1, 0.15) is 5.54 Å². The lowest BCUT2D eigenvalue weighted by molar-refractivity contribution is -0.123. The minimum atomic E-state index is -0.966. The number of aryl methyl sites for hydroxylation is 1. The molecular weight excluding hydrogens is 338 g/mol. The summed E-state index contributed by atoms with van der Waals surface area (Å²) in [6.45, 7) is 2.52. The average molecular weight is 352 g/mol. The lowest BCUT2D eigenvalue weighted by Gasteiger charge is -2.21. The first-order chi connectivity index (χ1) is 9.91. The van der Waals surface area contributed by atoms with Gasteiger partial charge in [0.2, 0.25) is 0 Å². The lowest BCUT2D eigenvalue weighted by Crippen LogP contribution is -2.49. The van der Waals surface area contributed by atoms with E-state index in [0.29, 0.717) is 18.5 Å². The molecule has 4 amide bonds. The van der Waals surface area contributed by atoms with E-state index >= 15 is 0 Å². The van der Waals surface area contributed by atoms with E-state index in [2.05, 4.69) is 26.6 Å². The van der Waals surface area contributed by atoms with E-state index in [-0.39, 0.29) is 18.4 Å². The highest BCUT2D eigenvalue weighted by molar-refractivity contribution is 9.10. The van der Waals surface area contributed by atoms with Crippen LogP contribution >= 0.6 is 15.9 Å². The SMILES string of the molecule is Cc1ccc(Br)cc1C(=O)N1CCC2(C1)NC(=O)NC2=O. The van der Waals surface area contributed by atoms with Crippen LogP contribution in [0.2, 0.25) is 0 Å². The van der Waals surface area contributed by atoms with E-state index in [1.807, 2.05) is 19.1 Å². The van der Waals surface area contributed by atoms with Gasteiger partial charge in [0, 0.05) is 16.6 Å². The van der Waals surface area contributed by atoms with E-state index in [4.69, 9.17) is 0 Å². The van der Waals surface area contributed by atoms with Crippen LogP contribution in [0.1, 0.15) is 22.3 Å². The predicted molar refractivity (Wildman–Crippen MR) is 78.8 cm³/mol. The van der Waals surface area contributed by atoms with Gasteiger partial charge in [-0.3, -0.25) is 14.9 Å². The average Bonchev–Trinajstić information content (AvgIpc) is 2.97. The number of amides is 4. The van der Waals surface area contributed by atoms with E-state index in [0.717, 1.165) is 10.0 Å². The topological polar surface area (TPSA) is 78.5 Å². The van der Waals surface area contributed by atoms with Crippen LogP contribution in [0.3, 0.4) is 0 Å². The molecule has 2 N–H and O–H groups in total. The Morgan fingerprint density at radius 1 is 1.38 bits per heavy atom. The van der Waals surface area contributed by atoms with Crippen molar-refractivity contribution < 1.29 is 14.4 Å². The molecule has 2 aliphatic heterocycles. The summed E-state index contributed by atoms with van der Waals surface area (Å²) in [6.07, 6.45) is 0.434. The normalized spacial score (nSPS) is 24.4. The molecule has 2 heterocycles. The van der Waals surface area contributed by atoms with Gasteiger partial charge in [-0.25, -0.2) is 4.79 Å². The van der Waals surface area contributed by atoms with Crippen LogP contribution in [0.4, 0.5) is 4.79 Å². The second-order valence-electron chi connectivity index (χ2n) is 5.43. The highest BCUT2D eigenvalue weighted by Gasteiger charge is 2.51. The maximum Gasteiger partial charge on any atom is 0.322 e. The number of hydrogen-bond donors (Lipinski definition) is 2. The van der Waals surface area contributed by atoms with Crippen molar-refractivity contribution in [1.82, 2.24) is 15.5 Å². The van der Waals surface area contributed by atoms with Crippen molar-refractivity contribution >= 4 is 33.8 Å². The van der Waals surface area contributed by atoms with Gasteiger partial charge in [-0.2, -0.15) is 0 Å². The number of benzene rings is 1. The second kappa shape index (κ2) is 4.84. The lowest BCUT2D eigenvalue weighted by atomic mass is 9.99. The molecule has 2 saturated heterocycles. The Bertz CT molecular complexity index is 661. The van der Waals surface area contributed by atoms with Crippen molar-refractivity contribution in [2.45, 2.75) is 18.9 Å². The fourth-order valence-electron chi connectivity index (χ4n) is 2.79. The maximum atomic E-state index is 12.6. The summed E-state index contributed by atoms with van der Waals surface area (Å²) in [7, 11) is 0. The van der Waals surface area contributed by atoms with Crippen molar-refractivity contribution in [3.63, 3.8) is 0 Å². The monoisotopic (exact) mass is 351 g/mol. The molecule has 2 aliphatic rings. The molecule has 6 nitrogen and oxygen atoms in total. The van der Waals surface area contributed by atoms with E-state index < -0.39 is 11.6 Å². The van der Waals surface area contributed by atoms with Crippen LogP contribution in [0, 0.1) is 6.92 Å². The minimum absolute atomic E-state index is 0.125. The van der Waals surface area contributed by atoms with E-state index in [1.54, 1.807) is 11.0 Å². The van der Waals surface area contributed by atoms with Gasteiger partial charge in [0.15, 0.2) is 0 Å². The van der Waals surface area contributed by atoms with Crippen LogP contribution in [0.5, 0.6) is 0 Å². The Hall–Kier alpha value is -1.89. The first kappa shape index (κ1) is 14.1. The van der Waals surface area contributed by atoms with Gasteiger partial charge in [-0.15, -0.1) is 0 Å². The number of carbonyl (C=O) groups is 3. The molecule has 1 aromatic rings. The Morgan fingerprint density at radius 2 is 2.14 bits per heavy atom. The standard InChI is InChI=1S/C14H14BrN3O3/c1-8-2-3-9(15)6-10(8)11(19)18-5-4-14(7-18)12(20)16-13(21)17-14/h2-3,6H,4-5,7H2,1H3,(H2,16,17,20,21). The third kappa shape index (κ3) is 2.31. The molecule has 1 aromatic carbocycles. The van der Waals surface area contributed by atoms with Gasteiger partial charge in [0.25, 0.3) is 11.8 Å². The quantitative estimate of drug-likeness (QED) is 0.745. The van der Waals surface area contributed by atoms with Gasteiger partial charge in [-0.05, 0) is 31.0 Å². The van der Waals surface area contributed by atoms with Gasteiger partial charge >= 0.3 is 6.03 Å². The summed E-state index contributed by atoms with van der Waals surface area (Å²) in [5.41, 5.74) is 0.516. The zero-order valence-corrected chi connectivity index (χ0v) is 13.0. The number of urea groups is 1. The number of hydrogen-bond acceptors (Lipinski definition) is 3. The van der Waals surface area contributed by atoms with Crippen LogP contribution in [-0.4, -0.2) is 41.4 Å².